The molecule has 4 heterocycles. The summed E-state index contributed by atoms with van der Waals surface area (Å²) in [6, 6.07) is 2.19. The molecule has 3 atom stereocenters. The van der Waals surface area contributed by atoms with E-state index in [9.17, 15) is 13.2 Å². The number of halogens is 3. The van der Waals surface area contributed by atoms with Gasteiger partial charge < -0.3 is 5.73 Å². The van der Waals surface area contributed by atoms with Crippen LogP contribution in [0.2, 0.25) is 0 Å². The van der Waals surface area contributed by atoms with Crippen LogP contribution in [0.25, 0.3) is 22.2 Å². The number of fused-ring (bicyclic) bond motifs is 2. The first kappa shape index (κ1) is 18.4. The molecule has 0 bridgehead atoms. The second-order valence-corrected chi connectivity index (χ2v) is 8.37. The number of H-pyrrole nitrogens is 1. The second-order valence-electron chi connectivity index (χ2n) is 8.37. The quantitative estimate of drug-likeness (QED) is 0.696. The molecule has 3 aromatic heterocycles. The van der Waals surface area contributed by atoms with E-state index >= 15 is 0 Å². The number of pyridine rings is 1. The third-order valence-corrected chi connectivity index (χ3v) is 6.06. The smallest absolute Gasteiger partial charge is 0.383 e. The highest BCUT2D eigenvalue weighted by atomic mass is 19.4. The molecule has 5 rings (SSSR count). The lowest BCUT2D eigenvalue weighted by atomic mass is 10.1. The number of anilines is 1. The fourth-order valence-electron chi connectivity index (χ4n) is 4.79. The highest BCUT2D eigenvalue weighted by Gasteiger charge is 2.58. The summed E-state index contributed by atoms with van der Waals surface area (Å²) in [7, 11) is 0. The molecule has 3 aromatic rings. The van der Waals surface area contributed by atoms with Crippen LogP contribution in [0.1, 0.15) is 31.5 Å². The van der Waals surface area contributed by atoms with Gasteiger partial charge in [-0.05, 0) is 31.7 Å². The summed E-state index contributed by atoms with van der Waals surface area (Å²) in [5, 5.41) is 12.6. The first-order valence-electron chi connectivity index (χ1n) is 9.69. The summed E-state index contributed by atoms with van der Waals surface area (Å²) in [5.74, 6) is 1.18. The number of nitrogens with one attached hydrogen (secondary N) is 1. The van der Waals surface area contributed by atoms with Crippen LogP contribution < -0.4 is 5.73 Å². The Labute approximate surface area is 165 Å². The van der Waals surface area contributed by atoms with E-state index in [0.29, 0.717) is 18.9 Å². The van der Waals surface area contributed by atoms with Crippen molar-refractivity contribution >= 4 is 16.7 Å². The van der Waals surface area contributed by atoms with Gasteiger partial charge in [-0.15, -0.1) is 0 Å². The van der Waals surface area contributed by atoms with Crippen molar-refractivity contribution in [2.24, 2.45) is 11.8 Å². The van der Waals surface area contributed by atoms with Gasteiger partial charge in [-0.25, -0.2) is 4.98 Å². The number of hydrogen-bond donors (Lipinski definition) is 2. The lowest BCUT2D eigenvalue weighted by Gasteiger charge is -2.21. The van der Waals surface area contributed by atoms with Crippen LogP contribution >= 0.6 is 0 Å². The SMILES string of the molecule is CC(C)n1nc(-c2cnc(N)c3cn[nH]c23)cc1[C@@H]1[C@@H]2CN(CC(F)(F)F)C[C@@H]21. The minimum Gasteiger partial charge on any atom is -0.383 e. The molecular weight excluding hydrogens is 383 g/mol. The average Bonchev–Trinajstić information content (AvgIpc) is 3.11. The third-order valence-electron chi connectivity index (χ3n) is 6.06. The number of hydrogen-bond acceptors (Lipinski definition) is 5. The van der Waals surface area contributed by atoms with Crippen molar-refractivity contribution in [2.75, 3.05) is 25.4 Å². The van der Waals surface area contributed by atoms with Crippen molar-refractivity contribution < 1.29 is 13.2 Å². The Morgan fingerprint density at radius 3 is 2.62 bits per heavy atom. The summed E-state index contributed by atoms with van der Waals surface area (Å²) in [6.45, 7) is 4.27. The zero-order chi connectivity index (χ0) is 20.5. The van der Waals surface area contributed by atoms with Gasteiger partial charge in [-0.3, -0.25) is 14.7 Å². The Bertz CT molecular complexity index is 1060. The molecule has 1 saturated heterocycles. The minimum atomic E-state index is -4.14. The standard InChI is InChI=1S/C19H22F3N7/c1-9(2)29-15(16-12-6-28(7-13(12)16)8-19(20,21)22)3-14(27-29)10-4-24-18(23)11-5-25-26-17(10)11/h3-5,9,12-13,16H,6-8H2,1-2H3,(H2,23,24)(H,25,26)/t12-,13+,16-. The molecule has 10 heteroatoms. The normalized spacial score (nSPS) is 24.6. The third kappa shape index (κ3) is 3.06. The Morgan fingerprint density at radius 1 is 1.24 bits per heavy atom. The lowest BCUT2D eigenvalue weighted by molar-refractivity contribution is -0.144. The van der Waals surface area contributed by atoms with E-state index in [0.717, 1.165) is 27.9 Å². The number of nitrogen functional groups attached to an aromatic ring is 1. The molecule has 0 aromatic carbocycles. The van der Waals surface area contributed by atoms with Crippen LogP contribution in [-0.4, -0.2) is 55.7 Å². The number of nitrogens with two attached hydrogens (primary N) is 1. The van der Waals surface area contributed by atoms with Gasteiger partial charge in [0.15, 0.2) is 0 Å². The molecule has 2 fully saturated rings. The van der Waals surface area contributed by atoms with Crippen LogP contribution in [-0.2, 0) is 0 Å². The van der Waals surface area contributed by atoms with E-state index in [-0.39, 0.29) is 23.8 Å². The van der Waals surface area contributed by atoms with Gasteiger partial charge in [0.25, 0.3) is 0 Å². The molecule has 1 saturated carbocycles. The number of likely N-dealkylation sites (tertiary alicyclic amines) is 1. The summed E-state index contributed by atoms with van der Waals surface area (Å²) in [5.41, 5.74) is 9.38. The van der Waals surface area contributed by atoms with E-state index < -0.39 is 12.7 Å². The monoisotopic (exact) mass is 405 g/mol. The predicted molar refractivity (Wildman–Crippen MR) is 102 cm³/mol. The largest absolute Gasteiger partial charge is 0.401 e. The Balaban J connectivity index is 1.45. The van der Waals surface area contributed by atoms with Crippen molar-refractivity contribution in [2.45, 2.75) is 32.0 Å². The van der Waals surface area contributed by atoms with E-state index in [2.05, 4.69) is 29.0 Å². The molecule has 0 radical (unpaired) electrons. The van der Waals surface area contributed by atoms with Crippen molar-refractivity contribution in [3.05, 3.63) is 24.2 Å². The topological polar surface area (TPSA) is 88.6 Å². The number of aromatic nitrogens is 5. The minimum absolute atomic E-state index is 0.144. The van der Waals surface area contributed by atoms with Crippen molar-refractivity contribution in [3.8, 4) is 11.3 Å². The fourth-order valence-corrected chi connectivity index (χ4v) is 4.79. The predicted octanol–water partition coefficient (Wildman–Crippen LogP) is 3.19. The number of aromatic amines is 1. The molecule has 0 amide bonds. The molecule has 3 N–H and O–H groups in total. The molecule has 0 spiro atoms. The van der Waals surface area contributed by atoms with E-state index in [4.69, 9.17) is 10.8 Å². The first-order valence-corrected chi connectivity index (χ1v) is 9.69. The summed E-state index contributed by atoms with van der Waals surface area (Å²) in [6.07, 6.45) is -0.815. The molecule has 1 aliphatic heterocycles. The number of nitrogens with zero attached hydrogens (tertiary/aromatic N) is 5. The zero-order valence-electron chi connectivity index (χ0n) is 16.1. The van der Waals surface area contributed by atoms with Crippen LogP contribution in [0.3, 0.4) is 0 Å². The molecule has 0 unspecified atom stereocenters. The molecule has 29 heavy (non-hydrogen) atoms. The maximum Gasteiger partial charge on any atom is 0.401 e. The molecule has 1 aliphatic carbocycles. The lowest BCUT2D eigenvalue weighted by Crippen LogP contribution is -2.34. The molecule has 2 aliphatic rings. The van der Waals surface area contributed by atoms with Crippen molar-refractivity contribution in [1.82, 2.24) is 29.9 Å². The van der Waals surface area contributed by atoms with Gasteiger partial charge in [0.2, 0.25) is 0 Å². The Hall–Kier alpha value is -2.62. The highest BCUT2D eigenvalue weighted by molar-refractivity contribution is 5.97. The maximum absolute atomic E-state index is 12.7. The van der Waals surface area contributed by atoms with E-state index in [1.54, 1.807) is 12.4 Å². The van der Waals surface area contributed by atoms with Crippen LogP contribution in [0.5, 0.6) is 0 Å². The van der Waals surface area contributed by atoms with Gasteiger partial charge in [0.05, 0.1) is 29.3 Å². The fraction of sp³-hybridized carbons (Fsp3) is 0.526. The van der Waals surface area contributed by atoms with Crippen molar-refractivity contribution in [1.29, 1.82) is 0 Å². The van der Waals surface area contributed by atoms with Gasteiger partial charge in [-0.1, -0.05) is 0 Å². The summed E-state index contributed by atoms with van der Waals surface area (Å²) < 4.78 is 40.0. The van der Waals surface area contributed by atoms with E-state index in [1.807, 2.05) is 10.7 Å². The highest BCUT2D eigenvalue weighted by Crippen LogP contribution is 2.59. The molecule has 154 valence electrons. The van der Waals surface area contributed by atoms with Gasteiger partial charge >= 0.3 is 6.18 Å². The number of alkyl halides is 3. The molecule has 7 nitrogen and oxygen atoms in total. The average molecular weight is 405 g/mol. The number of rotatable bonds is 4. The van der Waals surface area contributed by atoms with Gasteiger partial charge in [0, 0.05) is 42.5 Å². The van der Waals surface area contributed by atoms with Gasteiger partial charge in [0.1, 0.15) is 5.82 Å². The van der Waals surface area contributed by atoms with E-state index in [1.165, 1.54) is 4.90 Å². The maximum atomic E-state index is 12.7. The van der Waals surface area contributed by atoms with Crippen LogP contribution in [0.4, 0.5) is 19.0 Å². The zero-order valence-corrected chi connectivity index (χ0v) is 16.1. The number of piperidine rings is 1. The summed E-state index contributed by atoms with van der Waals surface area (Å²) in [4.78, 5) is 5.77. The van der Waals surface area contributed by atoms with Crippen molar-refractivity contribution in [3.63, 3.8) is 0 Å². The van der Waals surface area contributed by atoms with Crippen LogP contribution in [0.15, 0.2) is 18.5 Å². The summed E-state index contributed by atoms with van der Waals surface area (Å²) >= 11 is 0. The van der Waals surface area contributed by atoms with Crippen LogP contribution in [0, 0.1) is 11.8 Å². The van der Waals surface area contributed by atoms with Gasteiger partial charge in [-0.2, -0.15) is 23.4 Å². The Morgan fingerprint density at radius 2 is 1.97 bits per heavy atom. The molecular formula is C19H22F3N7. The second kappa shape index (κ2) is 6.19. The Kier molecular flexibility index (Phi) is 3.93. The first-order chi connectivity index (χ1) is 13.7.